The summed E-state index contributed by atoms with van der Waals surface area (Å²) in [5.41, 5.74) is 2.70. The second-order valence-electron chi connectivity index (χ2n) is 10.2. The maximum absolute atomic E-state index is 6.76. The summed E-state index contributed by atoms with van der Waals surface area (Å²) in [5.74, 6) is 2.24. The third kappa shape index (κ3) is 4.89. The van der Waals surface area contributed by atoms with Crippen molar-refractivity contribution < 1.29 is 9.16 Å². The minimum Gasteiger partial charge on any atom is -0.543 e. The van der Waals surface area contributed by atoms with Gasteiger partial charge in [-0.15, -0.1) is 0 Å². The molecule has 0 aliphatic heterocycles. The Labute approximate surface area is 189 Å². The molecule has 0 unspecified atom stereocenters. The minimum absolute atomic E-state index is 0.143. The van der Waals surface area contributed by atoms with Gasteiger partial charge in [-0.25, -0.2) is 0 Å². The van der Waals surface area contributed by atoms with Gasteiger partial charge in [0.1, 0.15) is 11.5 Å². The first-order valence-corrected chi connectivity index (χ1v) is 14.7. The fraction of sp³-hybridized carbons (Fsp3) is 0.652. The molecule has 0 heterocycles. The minimum atomic E-state index is -1.95. The lowest BCUT2D eigenvalue weighted by Gasteiger charge is -2.44. The number of halogens is 2. The maximum Gasteiger partial charge on any atom is 0.250 e. The molecule has 0 radical (unpaired) electrons. The summed E-state index contributed by atoms with van der Waals surface area (Å²) in [6.45, 7) is 20.6. The number of allylic oxidation sites excluding steroid dienone is 1. The number of benzene rings is 1. The number of rotatable bonds is 5. The lowest BCUT2D eigenvalue weighted by Crippen LogP contribution is -2.44. The monoisotopic (exact) mass is 530 g/mol. The maximum atomic E-state index is 6.76. The summed E-state index contributed by atoms with van der Waals surface area (Å²) in [4.78, 5) is 0.498. The average molecular weight is 532 g/mol. The van der Waals surface area contributed by atoms with Crippen LogP contribution in [0.4, 0.5) is 0 Å². The van der Waals surface area contributed by atoms with Crippen LogP contribution >= 0.6 is 31.9 Å². The normalized spacial score (nSPS) is 22.9. The standard InChI is InChI=1S/C23H36Br2O2Si/c1-15-10-11-21(25)23(5,6)17(15)12-16-13-20(26-7)18(24)14-19(16)27-28(8,9)22(2,3)4/h13-14,17,21H,1,10-12H2,2-9H3/t17-,21+/m0/s1. The van der Waals surface area contributed by atoms with Crippen molar-refractivity contribution in [3.8, 4) is 11.5 Å². The molecule has 1 aromatic carbocycles. The second kappa shape index (κ2) is 8.47. The topological polar surface area (TPSA) is 18.5 Å². The number of methoxy groups -OCH3 is 1. The van der Waals surface area contributed by atoms with E-state index in [1.165, 1.54) is 11.1 Å². The van der Waals surface area contributed by atoms with Crippen molar-refractivity contribution in [1.82, 2.24) is 0 Å². The van der Waals surface area contributed by atoms with Crippen LogP contribution in [0.5, 0.6) is 11.5 Å². The van der Waals surface area contributed by atoms with Crippen molar-refractivity contribution in [3.05, 3.63) is 34.3 Å². The van der Waals surface area contributed by atoms with Gasteiger partial charge in [0.05, 0.1) is 11.6 Å². The third-order valence-corrected chi connectivity index (χ3v) is 13.4. The molecule has 1 saturated carbocycles. The Morgan fingerprint density at radius 3 is 2.36 bits per heavy atom. The highest BCUT2D eigenvalue weighted by Crippen LogP contribution is 2.49. The molecule has 2 nitrogen and oxygen atoms in total. The van der Waals surface area contributed by atoms with Gasteiger partial charge in [0.15, 0.2) is 0 Å². The highest BCUT2D eigenvalue weighted by molar-refractivity contribution is 9.10. The molecule has 0 saturated heterocycles. The zero-order valence-electron chi connectivity index (χ0n) is 18.7. The van der Waals surface area contributed by atoms with Crippen molar-refractivity contribution in [2.24, 2.45) is 11.3 Å². The van der Waals surface area contributed by atoms with E-state index in [1.54, 1.807) is 7.11 Å². The molecule has 0 bridgehead atoms. The van der Waals surface area contributed by atoms with E-state index < -0.39 is 8.32 Å². The lowest BCUT2D eigenvalue weighted by atomic mass is 9.64. The van der Waals surface area contributed by atoms with E-state index in [0.717, 1.165) is 35.2 Å². The Hall–Kier alpha value is -0.263. The average Bonchev–Trinajstić information content (AvgIpc) is 2.55. The molecule has 0 N–H and O–H groups in total. The molecule has 2 rings (SSSR count). The van der Waals surface area contributed by atoms with Crippen LogP contribution in [0.15, 0.2) is 28.8 Å². The smallest absolute Gasteiger partial charge is 0.250 e. The highest BCUT2D eigenvalue weighted by atomic mass is 79.9. The SMILES string of the molecule is C=C1CC[C@@H](Br)C(C)(C)[C@H]1Cc1cc(OC)c(Br)cc1O[Si](C)(C)C(C)(C)C. The van der Waals surface area contributed by atoms with Gasteiger partial charge in [0.25, 0.3) is 0 Å². The van der Waals surface area contributed by atoms with Crippen molar-refractivity contribution in [2.75, 3.05) is 7.11 Å². The molecule has 0 spiro atoms. The van der Waals surface area contributed by atoms with Crippen LogP contribution in [0.1, 0.15) is 53.0 Å². The predicted octanol–water partition coefficient (Wildman–Crippen LogP) is 8.14. The van der Waals surface area contributed by atoms with Crippen LogP contribution in [0.25, 0.3) is 0 Å². The molecule has 2 atom stereocenters. The largest absolute Gasteiger partial charge is 0.543 e. The summed E-state index contributed by atoms with van der Waals surface area (Å²) in [6, 6.07) is 4.24. The van der Waals surface area contributed by atoms with E-state index >= 15 is 0 Å². The van der Waals surface area contributed by atoms with Crippen LogP contribution in [0.2, 0.25) is 18.1 Å². The molecule has 158 valence electrons. The van der Waals surface area contributed by atoms with Crippen molar-refractivity contribution in [3.63, 3.8) is 0 Å². The van der Waals surface area contributed by atoms with Crippen LogP contribution in [0, 0.1) is 11.3 Å². The van der Waals surface area contributed by atoms with Crippen LogP contribution in [-0.2, 0) is 6.42 Å². The molecular weight excluding hydrogens is 496 g/mol. The first kappa shape index (κ1) is 24.0. The zero-order chi connectivity index (χ0) is 21.5. The van der Waals surface area contributed by atoms with Crippen molar-refractivity contribution in [2.45, 2.75) is 76.8 Å². The molecular formula is C23H36Br2O2Si. The first-order valence-electron chi connectivity index (χ1n) is 10.1. The number of ether oxygens (including phenoxy) is 1. The van der Waals surface area contributed by atoms with E-state index in [1.807, 2.05) is 0 Å². The Bertz CT molecular complexity index is 735. The fourth-order valence-electron chi connectivity index (χ4n) is 3.65. The zero-order valence-corrected chi connectivity index (χ0v) is 22.9. The van der Waals surface area contributed by atoms with Gasteiger partial charge in [0, 0.05) is 4.83 Å². The van der Waals surface area contributed by atoms with Gasteiger partial charge in [-0.05, 0) is 82.4 Å². The highest BCUT2D eigenvalue weighted by Gasteiger charge is 2.42. The molecule has 1 fully saturated rings. The van der Waals surface area contributed by atoms with E-state index in [9.17, 15) is 0 Å². The molecule has 28 heavy (non-hydrogen) atoms. The summed E-state index contributed by atoms with van der Waals surface area (Å²) in [5, 5.41) is 0.144. The Morgan fingerprint density at radius 2 is 1.82 bits per heavy atom. The van der Waals surface area contributed by atoms with Crippen molar-refractivity contribution >= 4 is 40.2 Å². The van der Waals surface area contributed by atoms with Gasteiger partial charge < -0.3 is 9.16 Å². The summed E-state index contributed by atoms with van der Waals surface area (Å²) < 4.78 is 13.3. The first-order chi connectivity index (χ1) is 12.7. The van der Waals surface area contributed by atoms with Crippen LogP contribution in [-0.4, -0.2) is 20.3 Å². The molecule has 1 aliphatic carbocycles. The van der Waals surface area contributed by atoms with E-state index in [0.29, 0.717) is 10.7 Å². The van der Waals surface area contributed by atoms with Gasteiger partial charge in [-0.3, -0.25) is 0 Å². The number of hydrogen-bond acceptors (Lipinski definition) is 2. The lowest BCUT2D eigenvalue weighted by molar-refractivity contribution is 0.202. The molecule has 0 aromatic heterocycles. The van der Waals surface area contributed by atoms with Crippen LogP contribution < -0.4 is 9.16 Å². The quantitative estimate of drug-likeness (QED) is 0.217. The predicted molar refractivity (Wildman–Crippen MR) is 131 cm³/mol. The van der Waals surface area contributed by atoms with Gasteiger partial charge in [-0.1, -0.05) is 62.7 Å². The second-order valence-corrected chi connectivity index (χ2v) is 16.9. The summed E-state index contributed by atoms with van der Waals surface area (Å²) >= 11 is 7.58. The molecule has 1 aliphatic rings. The molecule has 0 amide bonds. The van der Waals surface area contributed by atoms with E-state index in [4.69, 9.17) is 9.16 Å². The van der Waals surface area contributed by atoms with Gasteiger partial charge >= 0.3 is 0 Å². The third-order valence-electron chi connectivity index (χ3n) is 6.85. The summed E-state index contributed by atoms with van der Waals surface area (Å²) in [7, 11) is -0.234. The van der Waals surface area contributed by atoms with Gasteiger partial charge in [0.2, 0.25) is 8.32 Å². The Morgan fingerprint density at radius 1 is 1.21 bits per heavy atom. The van der Waals surface area contributed by atoms with Crippen molar-refractivity contribution in [1.29, 1.82) is 0 Å². The van der Waals surface area contributed by atoms with Gasteiger partial charge in [-0.2, -0.15) is 0 Å². The summed E-state index contributed by atoms with van der Waals surface area (Å²) in [6.07, 6.45) is 3.15. The number of alkyl halides is 1. The Balaban J connectivity index is 2.48. The van der Waals surface area contributed by atoms with Crippen LogP contribution in [0.3, 0.4) is 0 Å². The fourth-order valence-corrected chi connectivity index (χ4v) is 5.72. The molecule has 5 heteroatoms. The van der Waals surface area contributed by atoms with E-state index in [2.05, 4.69) is 98.3 Å². The number of hydrogen-bond donors (Lipinski definition) is 0. The Kier molecular flexibility index (Phi) is 7.26. The van der Waals surface area contributed by atoms with E-state index in [-0.39, 0.29) is 10.5 Å². The molecule has 1 aromatic rings.